The number of allylic oxidation sites excluding steroid dienone is 6. The predicted octanol–water partition coefficient (Wildman–Crippen LogP) is 4.22. The van der Waals surface area contributed by atoms with Crippen LogP contribution in [0.1, 0.15) is 54.4 Å². The first-order valence-corrected chi connectivity index (χ1v) is 11.6. The van der Waals surface area contributed by atoms with Gasteiger partial charge in [-0.05, 0) is 43.8 Å². The summed E-state index contributed by atoms with van der Waals surface area (Å²) in [5, 5.41) is 19.6. The highest BCUT2D eigenvalue weighted by Crippen LogP contribution is 2.21. The average molecular weight is 465 g/mol. The third-order valence-corrected chi connectivity index (χ3v) is 5.86. The van der Waals surface area contributed by atoms with E-state index in [1.54, 1.807) is 27.0 Å². The van der Waals surface area contributed by atoms with Crippen LogP contribution in [0, 0.1) is 17.8 Å². The summed E-state index contributed by atoms with van der Waals surface area (Å²) < 4.78 is 10.7. The van der Waals surface area contributed by atoms with Gasteiger partial charge in [0.2, 0.25) is 0 Å². The Bertz CT molecular complexity index is 714. The summed E-state index contributed by atoms with van der Waals surface area (Å²) in [6.45, 7) is 10.7. The summed E-state index contributed by atoms with van der Waals surface area (Å²) in [4.78, 5) is 24.5. The van der Waals surface area contributed by atoms with Crippen LogP contribution in [0.3, 0.4) is 0 Å². The molecule has 0 aliphatic heterocycles. The monoisotopic (exact) mass is 464 g/mol. The highest BCUT2D eigenvalue weighted by atomic mass is 16.5. The van der Waals surface area contributed by atoms with Crippen molar-refractivity contribution in [3.8, 4) is 0 Å². The molecule has 0 saturated heterocycles. The third kappa shape index (κ3) is 11.2. The Kier molecular flexibility index (Phi) is 15.8. The molecule has 0 spiro atoms. The van der Waals surface area contributed by atoms with Crippen LogP contribution < -0.4 is 0 Å². The number of hydrogen-bond acceptors (Lipinski definition) is 6. The van der Waals surface area contributed by atoms with Crippen molar-refractivity contribution in [2.75, 3.05) is 20.8 Å². The number of carbonyl (C=O) groups excluding carboxylic acids is 2. The van der Waals surface area contributed by atoms with E-state index in [9.17, 15) is 14.7 Å². The molecule has 0 heterocycles. The number of ether oxygens (including phenoxy) is 2. The van der Waals surface area contributed by atoms with E-state index in [1.165, 1.54) is 12.7 Å². The van der Waals surface area contributed by atoms with E-state index in [4.69, 9.17) is 14.6 Å². The molecule has 33 heavy (non-hydrogen) atoms. The molecule has 6 nitrogen and oxygen atoms in total. The molecule has 0 saturated carbocycles. The van der Waals surface area contributed by atoms with Crippen molar-refractivity contribution >= 4 is 11.6 Å². The maximum atomic E-state index is 12.9. The zero-order chi connectivity index (χ0) is 25.6. The summed E-state index contributed by atoms with van der Waals surface area (Å²) >= 11 is 0. The van der Waals surface area contributed by atoms with Crippen molar-refractivity contribution in [2.24, 2.45) is 17.8 Å². The number of ketones is 2. The Morgan fingerprint density at radius 1 is 0.970 bits per heavy atom. The van der Waals surface area contributed by atoms with Crippen LogP contribution >= 0.6 is 0 Å². The first-order chi connectivity index (χ1) is 15.5. The number of methoxy groups -OCH3 is 2. The van der Waals surface area contributed by atoms with E-state index in [-0.39, 0.29) is 29.5 Å². The number of hydrogen-bond donors (Lipinski definition) is 2. The molecule has 0 rings (SSSR count). The van der Waals surface area contributed by atoms with Gasteiger partial charge in [-0.15, -0.1) is 0 Å². The van der Waals surface area contributed by atoms with Crippen LogP contribution in [-0.2, 0) is 19.1 Å². The highest BCUT2D eigenvalue weighted by molar-refractivity contribution is 5.86. The molecule has 0 amide bonds. The normalized spacial score (nSPS) is 18.8. The molecule has 6 unspecified atom stereocenters. The summed E-state index contributed by atoms with van der Waals surface area (Å²) in [7, 11) is 3.10. The number of rotatable bonds is 16. The molecule has 0 bridgehead atoms. The number of Topliss-reactive ketones (excluding diaryl/α,β-unsaturated/α-hetero) is 2. The Hall–Kier alpha value is -1.86. The second-order valence-corrected chi connectivity index (χ2v) is 8.75. The van der Waals surface area contributed by atoms with Crippen molar-refractivity contribution in [1.82, 2.24) is 0 Å². The Balaban J connectivity index is 5.00. The van der Waals surface area contributed by atoms with Gasteiger partial charge in [0.05, 0.1) is 6.10 Å². The SMILES string of the molecule is CCC(OC)/C(C)=C/C=C/C=C/C(C)CC(C)C(=O)C(OC)C(O)/C(C)=C/C(C)C(=O)CO. The van der Waals surface area contributed by atoms with E-state index >= 15 is 0 Å². The molecule has 0 radical (unpaired) electrons. The minimum Gasteiger partial charge on any atom is -0.389 e. The maximum absolute atomic E-state index is 12.9. The van der Waals surface area contributed by atoms with Crippen molar-refractivity contribution in [3.63, 3.8) is 0 Å². The largest absolute Gasteiger partial charge is 0.389 e. The predicted molar refractivity (Wildman–Crippen MR) is 133 cm³/mol. The van der Waals surface area contributed by atoms with E-state index in [0.29, 0.717) is 12.0 Å². The topological polar surface area (TPSA) is 93.1 Å². The van der Waals surface area contributed by atoms with Crippen molar-refractivity contribution in [3.05, 3.63) is 47.6 Å². The van der Waals surface area contributed by atoms with Crippen LogP contribution in [0.4, 0.5) is 0 Å². The molecule has 0 fully saturated rings. The minimum absolute atomic E-state index is 0.130. The lowest BCUT2D eigenvalue weighted by atomic mass is 9.87. The van der Waals surface area contributed by atoms with Gasteiger partial charge in [-0.1, -0.05) is 64.2 Å². The number of carbonyl (C=O) groups is 2. The Labute approximate surface area is 200 Å². The quantitative estimate of drug-likeness (QED) is 0.262. The Morgan fingerprint density at radius 3 is 2.12 bits per heavy atom. The molecule has 2 N–H and O–H groups in total. The minimum atomic E-state index is -1.15. The number of aliphatic hydroxyl groups is 2. The second-order valence-electron chi connectivity index (χ2n) is 8.75. The summed E-state index contributed by atoms with van der Waals surface area (Å²) in [6.07, 6.45) is 11.1. The standard InChI is InChI=1S/C27H44O6/c1-9-24(32-7)19(3)14-12-10-11-13-18(2)15-21(5)25(30)27(33-8)26(31)22(6)16-20(4)23(29)17-28/h10-14,16,18,20-21,24,26-28,31H,9,15,17H2,1-8H3/b12-10+,13-11+,19-14+,22-16+. The van der Waals surface area contributed by atoms with E-state index in [0.717, 1.165) is 6.42 Å². The molecule has 0 aromatic heterocycles. The lowest BCUT2D eigenvalue weighted by Crippen LogP contribution is -2.40. The smallest absolute Gasteiger partial charge is 0.167 e. The van der Waals surface area contributed by atoms with E-state index in [1.807, 2.05) is 51.2 Å². The molecule has 6 heteroatoms. The van der Waals surface area contributed by atoms with Gasteiger partial charge in [0.25, 0.3) is 0 Å². The van der Waals surface area contributed by atoms with Gasteiger partial charge >= 0.3 is 0 Å². The van der Waals surface area contributed by atoms with Gasteiger partial charge in [0, 0.05) is 26.1 Å². The lowest BCUT2D eigenvalue weighted by molar-refractivity contribution is -0.138. The summed E-state index contributed by atoms with van der Waals surface area (Å²) in [5.41, 5.74) is 1.64. The molecule has 0 aromatic carbocycles. The van der Waals surface area contributed by atoms with Crippen LogP contribution in [0.5, 0.6) is 0 Å². The van der Waals surface area contributed by atoms with Crippen LogP contribution in [-0.4, -0.2) is 60.9 Å². The van der Waals surface area contributed by atoms with Crippen LogP contribution in [0.25, 0.3) is 0 Å². The lowest BCUT2D eigenvalue weighted by Gasteiger charge is -2.25. The molecule has 0 aliphatic rings. The van der Waals surface area contributed by atoms with E-state index < -0.39 is 24.7 Å². The van der Waals surface area contributed by atoms with Gasteiger partial charge in [0.1, 0.15) is 18.8 Å². The third-order valence-electron chi connectivity index (χ3n) is 5.86. The molecule has 0 aliphatic carbocycles. The van der Waals surface area contributed by atoms with Gasteiger partial charge in [-0.25, -0.2) is 0 Å². The molecular formula is C27H44O6. The van der Waals surface area contributed by atoms with Crippen molar-refractivity contribution < 1.29 is 29.3 Å². The maximum Gasteiger partial charge on any atom is 0.167 e. The van der Waals surface area contributed by atoms with Gasteiger partial charge in [0.15, 0.2) is 11.6 Å². The highest BCUT2D eigenvalue weighted by Gasteiger charge is 2.31. The fraction of sp³-hybridized carbons (Fsp3) is 0.630. The van der Waals surface area contributed by atoms with Crippen molar-refractivity contribution in [2.45, 2.75) is 72.7 Å². The molecular weight excluding hydrogens is 420 g/mol. The fourth-order valence-electron chi connectivity index (χ4n) is 3.71. The van der Waals surface area contributed by atoms with Gasteiger partial charge < -0.3 is 19.7 Å². The van der Waals surface area contributed by atoms with E-state index in [2.05, 4.69) is 6.92 Å². The zero-order valence-electron chi connectivity index (χ0n) is 21.6. The first kappa shape index (κ1) is 31.1. The summed E-state index contributed by atoms with van der Waals surface area (Å²) in [5.74, 6) is -1.23. The van der Waals surface area contributed by atoms with Gasteiger partial charge in [-0.3, -0.25) is 9.59 Å². The van der Waals surface area contributed by atoms with Crippen molar-refractivity contribution in [1.29, 1.82) is 0 Å². The zero-order valence-corrected chi connectivity index (χ0v) is 21.6. The van der Waals surface area contributed by atoms with Gasteiger partial charge in [-0.2, -0.15) is 0 Å². The molecule has 188 valence electrons. The van der Waals surface area contributed by atoms with Crippen LogP contribution in [0.2, 0.25) is 0 Å². The first-order valence-electron chi connectivity index (χ1n) is 11.6. The average Bonchev–Trinajstić information content (AvgIpc) is 2.78. The second kappa shape index (κ2) is 16.7. The molecule has 6 atom stereocenters. The molecule has 0 aromatic rings. The number of aliphatic hydroxyl groups excluding tert-OH is 2. The Morgan fingerprint density at radius 2 is 1.61 bits per heavy atom. The summed E-state index contributed by atoms with van der Waals surface area (Å²) in [6, 6.07) is 0. The van der Waals surface area contributed by atoms with Crippen LogP contribution in [0.15, 0.2) is 47.6 Å². The fourth-order valence-corrected chi connectivity index (χ4v) is 3.71.